The summed E-state index contributed by atoms with van der Waals surface area (Å²) in [6, 6.07) is 10.6. The molecule has 20 heavy (non-hydrogen) atoms. The Bertz CT molecular complexity index is 695. The van der Waals surface area contributed by atoms with Crippen molar-refractivity contribution in [2.75, 3.05) is 5.32 Å². The van der Waals surface area contributed by atoms with Crippen molar-refractivity contribution in [3.8, 4) is 6.07 Å². The van der Waals surface area contributed by atoms with Crippen LogP contribution in [0.5, 0.6) is 0 Å². The van der Waals surface area contributed by atoms with Crippen molar-refractivity contribution in [2.24, 2.45) is 0 Å². The van der Waals surface area contributed by atoms with Gasteiger partial charge >= 0.3 is 0 Å². The van der Waals surface area contributed by atoms with E-state index in [0.29, 0.717) is 10.7 Å². The Hall–Kier alpha value is -2.09. The molecule has 0 radical (unpaired) electrons. The zero-order chi connectivity index (χ0) is 14.5. The molecule has 3 nitrogen and oxygen atoms in total. The fraction of sp³-hybridized carbons (Fsp3) is 0.0667. The van der Waals surface area contributed by atoms with Crippen LogP contribution in [-0.4, -0.2) is 5.91 Å². The number of hydrogen-bond acceptors (Lipinski definition) is 3. The second-order valence-electron chi connectivity index (χ2n) is 4.10. The van der Waals surface area contributed by atoms with Gasteiger partial charge in [-0.25, -0.2) is 0 Å². The number of rotatable bonds is 3. The molecule has 100 valence electrons. The Morgan fingerprint density at radius 3 is 2.60 bits per heavy atom. The molecule has 0 aliphatic carbocycles. The van der Waals surface area contributed by atoms with E-state index >= 15 is 0 Å². The van der Waals surface area contributed by atoms with Gasteiger partial charge in [0.2, 0.25) is 0 Å². The Balaban J connectivity index is 2.18. The number of nitrogens with zero attached hydrogens (tertiary/aromatic N) is 1. The molecule has 0 spiro atoms. The molecule has 5 heteroatoms. The van der Waals surface area contributed by atoms with Gasteiger partial charge in [0.05, 0.1) is 0 Å². The molecule has 1 aromatic carbocycles. The SMILES string of the molecule is Cc1ccsc1/C=C(/C#N)C(=O)Nc1ccc(Cl)cc1. The van der Waals surface area contributed by atoms with E-state index in [4.69, 9.17) is 16.9 Å². The maximum Gasteiger partial charge on any atom is 0.266 e. The second-order valence-corrected chi connectivity index (χ2v) is 5.48. The van der Waals surface area contributed by atoms with Crippen LogP contribution in [0.25, 0.3) is 6.08 Å². The molecule has 0 saturated heterocycles. The summed E-state index contributed by atoms with van der Waals surface area (Å²) in [6.45, 7) is 1.94. The monoisotopic (exact) mass is 302 g/mol. The average Bonchev–Trinajstić information content (AvgIpc) is 2.84. The third-order valence-corrected chi connectivity index (χ3v) is 3.86. The smallest absolute Gasteiger partial charge is 0.266 e. The normalized spacial score (nSPS) is 10.9. The number of nitrogens with one attached hydrogen (secondary N) is 1. The topological polar surface area (TPSA) is 52.9 Å². The number of hydrogen-bond donors (Lipinski definition) is 1. The van der Waals surface area contributed by atoms with Crippen LogP contribution in [0.2, 0.25) is 5.02 Å². The Labute approximate surface area is 126 Å². The van der Waals surface area contributed by atoms with Crippen molar-refractivity contribution in [2.45, 2.75) is 6.92 Å². The molecule has 0 bridgehead atoms. The highest BCUT2D eigenvalue weighted by atomic mass is 35.5. The highest BCUT2D eigenvalue weighted by Gasteiger charge is 2.10. The largest absolute Gasteiger partial charge is 0.321 e. The highest BCUT2D eigenvalue weighted by molar-refractivity contribution is 7.11. The number of benzene rings is 1. The molecule has 0 aliphatic rings. The maximum atomic E-state index is 12.0. The molecule has 1 heterocycles. The quantitative estimate of drug-likeness (QED) is 0.680. The predicted molar refractivity (Wildman–Crippen MR) is 82.7 cm³/mol. The molecule has 0 fully saturated rings. The molecule has 2 rings (SSSR count). The first-order valence-corrected chi connectivity index (χ1v) is 7.08. The Morgan fingerprint density at radius 2 is 2.05 bits per heavy atom. The van der Waals surface area contributed by atoms with Gasteiger partial charge in [-0.15, -0.1) is 11.3 Å². The lowest BCUT2D eigenvalue weighted by atomic mass is 10.2. The summed E-state index contributed by atoms with van der Waals surface area (Å²) in [7, 11) is 0. The third-order valence-electron chi connectivity index (χ3n) is 2.64. The number of carbonyl (C=O) groups is 1. The van der Waals surface area contributed by atoms with E-state index in [9.17, 15) is 4.79 Å². The lowest BCUT2D eigenvalue weighted by Crippen LogP contribution is -2.13. The number of carbonyl (C=O) groups excluding carboxylic acids is 1. The van der Waals surface area contributed by atoms with Gasteiger partial charge in [-0.2, -0.15) is 5.26 Å². The molecular weight excluding hydrogens is 292 g/mol. The standard InChI is InChI=1S/C15H11ClN2OS/c1-10-6-7-20-14(10)8-11(9-17)15(19)18-13-4-2-12(16)3-5-13/h2-8H,1H3,(H,18,19)/b11-8-. The van der Waals surface area contributed by atoms with E-state index in [1.807, 2.05) is 24.4 Å². The number of thiophene rings is 1. The second kappa shape index (κ2) is 6.38. The van der Waals surface area contributed by atoms with Crippen LogP contribution < -0.4 is 5.32 Å². The number of anilines is 1. The summed E-state index contributed by atoms with van der Waals surface area (Å²) < 4.78 is 0. The van der Waals surface area contributed by atoms with Gasteiger partial charge in [0, 0.05) is 15.6 Å². The van der Waals surface area contributed by atoms with Crippen LogP contribution in [0, 0.1) is 18.3 Å². The van der Waals surface area contributed by atoms with Crippen molar-refractivity contribution in [3.63, 3.8) is 0 Å². The summed E-state index contributed by atoms with van der Waals surface area (Å²) in [5, 5.41) is 14.3. The lowest BCUT2D eigenvalue weighted by Gasteiger charge is -2.04. The predicted octanol–water partition coefficient (Wildman–Crippen LogP) is 4.26. The van der Waals surface area contributed by atoms with E-state index in [0.717, 1.165) is 10.4 Å². The van der Waals surface area contributed by atoms with Crippen molar-refractivity contribution in [1.82, 2.24) is 0 Å². The van der Waals surface area contributed by atoms with Crippen molar-refractivity contribution < 1.29 is 4.79 Å². The van der Waals surface area contributed by atoms with Crippen molar-refractivity contribution in [3.05, 3.63) is 56.7 Å². The molecule has 0 saturated carbocycles. The molecule has 1 aromatic heterocycles. The van der Waals surface area contributed by atoms with Crippen LogP contribution in [0.3, 0.4) is 0 Å². The zero-order valence-electron chi connectivity index (χ0n) is 10.7. The van der Waals surface area contributed by atoms with Gasteiger partial charge in [-0.05, 0) is 54.3 Å². The van der Waals surface area contributed by atoms with Gasteiger partial charge in [0.25, 0.3) is 5.91 Å². The minimum Gasteiger partial charge on any atom is -0.321 e. The molecule has 2 aromatic rings. The average molecular weight is 303 g/mol. The van der Waals surface area contributed by atoms with E-state index in [1.165, 1.54) is 11.3 Å². The first kappa shape index (κ1) is 14.3. The van der Waals surface area contributed by atoms with Crippen LogP contribution in [0.1, 0.15) is 10.4 Å². The minimum atomic E-state index is -0.428. The van der Waals surface area contributed by atoms with Crippen LogP contribution in [0.4, 0.5) is 5.69 Å². The number of halogens is 1. The number of amides is 1. The van der Waals surface area contributed by atoms with Crippen molar-refractivity contribution in [1.29, 1.82) is 5.26 Å². The molecular formula is C15H11ClN2OS. The van der Waals surface area contributed by atoms with Crippen LogP contribution in [0.15, 0.2) is 41.3 Å². The fourth-order valence-corrected chi connectivity index (χ4v) is 2.53. The summed E-state index contributed by atoms with van der Waals surface area (Å²) in [4.78, 5) is 12.9. The lowest BCUT2D eigenvalue weighted by molar-refractivity contribution is -0.112. The van der Waals surface area contributed by atoms with E-state index in [2.05, 4.69) is 5.32 Å². The molecule has 1 N–H and O–H groups in total. The van der Waals surface area contributed by atoms with Gasteiger partial charge < -0.3 is 5.32 Å². The van der Waals surface area contributed by atoms with Gasteiger partial charge in [0.15, 0.2) is 0 Å². The van der Waals surface area contributed by atoms with Gasteiger partial charge in [-0.1, -0.05) is 11.6 Å². The summed E-state index contributed by atoms with van der Waals surface area (Å²) >= 11 is 7.27. The van der Waals surface area contributed by atoms with Crippen LogP contribution >= 0.6 is 22.9 Å². The summed E-state index contributed by atoms with van der Waals surface area (Å²) in [5.74, 6) is -0.428. The first-order valence-electron chi connectivity index (χ1n) is 5.83. The van der Waals surface area contributed by atoms with E-state index < -0.39 is 5.91 Å². The Kier molecular flexibility index (Phi) is 4.57. The Morgan fingerprint density at radius 1 is 1.35 bits per heavy atom. The van der Waals surface area contributed by atoms with Crippen LogP contribution in [-0.2, 0) is 4.79 Å². The van der Waals surface area contributed by atoms with Crippen molar-refractivity contribution >= 4 is 40.6 Å². The summed E-state index contributed by atoms with van der Waals surface area (Å²) in [5.41, 5.74) is 1.72. The summed E-state index contributed by atoms with van der Waals surface area (Å²) in [6.07, 6.45) is 1.60. The van der Waals surface area contributed by atoms with E-state index in [-0.39, 0.29) is 5.57 Å². The maximum absolute atomic E-state index is 12.0. The molecule has 1 amide bonds. The highest BCUT2D eigenvalue weighted by Crippen LogP contribution is 2.20. The van der Waals surface area contributed by atoms with Gasteiger partial charge in [-0.3, -0.25) is 4.79 Å². The number of nitriles is 1. The fourth-order valence-electron chi connectivity index (χ4n) is 1.54. The third kappa shape index (κ3) is 3.47. The zero-order valence-corrected chi connectivity index (χ0v) is 12.3. The first-order chi connectivity index (χ1) is 9.60. The molecule has 0 unspecified atom stereocenters. The minimum absolute atomic E-state index is 0.0745. The molecule has 0 aliphatic heterocycles. The number of aryl methyl sites for hydroxylation is 1. The molecule has 0 atom stereocenters. The van der Waals surface area contributed by atoms with E-state index in [1.54, 1.807) is 30.3 Å². The van der Waals surface area contributed by atoms with Gasteiger partial charge in [0.1, 0.15) is 11.6 Å².